The summed E-state index contributed by atoms with van der Waals surface area (Å²) in [6, 6.07) is 9.22. The van der Waals surface area contributed by atoms with E-state index in [9.17, 15) is 9.90 Å². The number of hydrogen-bond acceptors (Lipinski definition) is 5. The number of carbonyl (C=O) groups excluding carboxylic acids is 1. The van der Waals surface area contributed by atoms with Crippen LogP contribution in [-0.2, 0) is 9.31 Å². The lowest BCUT2D eigenvalue weighted by molar-refractivity contribution is 0.00578. The highest BCUT2D eigenvalue weighted by molar-refractivity contribution is 6.65. The van der Waals surface area contributed by atoms with E-state index in [1.807, 2.05) is 52.0 Å². The summed E-state index contributed by atoms with van der Waals surface area (Å²) in [6.45, 7) is 8.03. The van der Waals surface area contributed by atoms with Crippen LogP contribution >= 0.6 is 0 Å². The molecule has 1 aromatic heterocycles. The Bertz CT molecular complexity index is 914. The molecule has 6 nitrogen and oxygen atoms in total. The van der Waals surface area contributed by atoms with Crippen molar-refractivity contribution in [2.75, 3.05) is 0 Å². The van der Waals surface area contributed by atoms with Crippen LogP contribution in [0.25, 0.3) is 10.9 Å². The van der Waals surface area contributed by atoms with E-state index in [4.69, 9.17) is 9.31 Å². The molecule has 1 amide bonds. The third-order valence-electron chi connectivity index (χ3n) is 6.53. The van der Waals surface area contributed by atoms with Crippen molar-refractivity contribution in [1.29, 1.82) is 0 Å². The van der Waals surface area contributed by atoms with Gasteiger partial charge in [0.05, 0.1) is 28.9 Å². The van der Waals surface area contributed by atoms with Crippen molar-refractivity contribution in [3.05, 3.63) is 36.0 Å². The Labute approximate surface area is 172 Å². The molecule has 29 heavy (non-hydrogen) atoms. The van der Waals surface area contributed by atoms with Gasteiger partial charge in [0.2, 0.25) is 0 Å². The number of pyridine rings is 1. The standard InChI is InChI=1S/C22H29BN2O4/c1-21(2)22(3,4)29-23(28-21)15-13-18(24-16-10-6-5-9-14(15)16)20(27)25-17-11-7-8-12-19(17)26/h5-6,9-10,13,17,19,26H,7-8,11-12H2,1-4H3,(H,25,27). The van der Waals surface area contributed by atoms with Gasteiger partial charge in [0.25, 0.3) is 5.91 Å². The van der Waals surface area contributed by atoms with Gasteiger partial charge in [-0.15, -0.1) is 0 Å². The van der Waals surface area contributed by atoms with Crippen LogP contribution in [0.4, 0.5) is 0 Å². The lowest BCUT2D eigenvalue weighted by atomic mass is 9.76. The fourth-order valence-electron chi connectivity index (χ4n) is 4.01. The summed E-state index contributed by atoms with van der Waals surface area (Å²) < 4.78 is 12.5. The van der Waals surface area contributed by atoms with Crippen molar-refractivity contribution in [3.8, 4) is 0 Å². The van der Waals surface area contributed by atoms with Gasteiger partial charge in [0, 0.05) is 0 Å². The molecule has 2 aromatic rings. The van der Waals surface area contributed by atoms with Gasteiger partial charge in [-0.05, 0) is 63.5 Å². The number of rotatable bonds is 3. The summed E-state index contributed by atoms with van der Waals surface area (Å²) in [5.41, 5.74) is 0.872. The normalized spacial score (nSPS) is 25.9. The van der Waals surface area contributed by atoms with Crippen LogP contribution in [0.1, 0.15) is 63.9 Å². The number of para-hydroxylation sites is 1. The molecule has 2 heterocycles. The van der Waals surface area contributed by atoms with Gasteiger partial charge in [-0.3, -0.25) is 4.79 Å². The fraction of sp³-hybridized carbons (Fsp3) is 0.545. The van der Waals surface area contributed by atoms with Crippen molar-refractivity contribution >= 4 is 29.4 Å². The molecule has 4 rings (SSSR count). The molecule has 2 fully saturated rings. The van der Waals surface area contributed by atoms with E-state index in [1.165, 1.54) is 0 Å². The van der Waals surface area contributed by atoms with E-state index in [0.29, 0.717) is 11.2 Å². The highest BCUT2D eigenvalue weighted by Gasteiger charge is 2.52. The second-order valence-electron chi connectivity index (χ2n) is 9.13. The maximum Gasteiger partial charge on any atom is 0.495 e. The molecule has 1 aromatic carbocycles. The van der Waals surface area contributed by atoms with Crippen molar-refractivity contribution in [1.82, 2.24) is 10.3 Å². The van der Waals surface area contributed by atoms with Gasteiger partial charge in [0.1, 0.15) is 5.69 Å². The molecule has 2 aliphatic rings. The second-order valence-corrected chi connectivity index (χ2v) is 9.13. The van der Waals surface area contributed by atoms with E-state index in [1.54, 1.807) is 6.07 Å². The zero-order chi connectivity index (χ0) is 20.8. The van der Waals surface area contributed by atoms with E-state index in [-0.39, 0.29) is 11.9 Å². The molecule has 0 radical (unpaired) electrons. The number of carbonyl (C=O) groups is 1. The third-order valence-corrected chi connectivity index (χ3v) is 6.53. The minimum absolute atomic E-state index is 0.232. The Morgan fingerprint density at radius 3 is 2.48 bits per heavy atom. The topological polar surface area (TPSA) is 80.7 Å². The SMILES string of the molecule is CC1(C)OB(c2cc(C(=O)NC3CCCCC3O)nc3ccccc23)OC1(C)C. The van der Waals surface area contributed by atoms with E-state index < -0.39 is 24.4 Å². The van der Waals surface area contributed by atoms with Crippen LogP contribution < -0.4 is 10.8 Å². The summed E-state index contributed by atoms with van der Waals surface area (Å²) in [5.74, 6) is -0.278. The number of hydrogen-bond donors (Lipinski definition) is 2. The summed E-state index contributed by atoms with van der Waals surface area (Å²) in [4.78, 5) is 17.5. The number of amides is 1. The molecule has 0 spiro atoms. The monoisotopic (exact) mass is 396 g/mol. The van der Waals surface area contributed by atoms with Crippen LogP contribution in [0.2, 0.25) is 0 Å². The van der Waals surface area contributed by atoms with Crippen molar-refractivity contribution < 1.29 is 19.2 Å². The Balaban J connectivity index is 1.69. The summed E-state index contributed by atoms with van der Waals surface area (Å²) >= 11 is 0. The molecule has 2 N–H and O–H groups in total. The lowest BCUT2D eigenvalue weighted by Gasteiger charge is -2.32. The third kappa shape index (κ3) is 3.79. The number of fused-ring (bicyclic) bond motifs is 1. The predicted octanol–water partition coefficient (Wildman–Crippen LogP) is 2.57. The first kappa shape index (κ1) is 20.3. The Morgan fingerprint density at radius 2 is 1.79 bits per heavy atom. The Kier molecular flexibility index (Phi) is 5.17. The number of nitrogens with one attached hydrogen (secondary N) is 1. The predicted molar refractivity (Wildman–Crippen MR) is 113 cm³/mol. The summed E-state index contributed by atoms with van der Waals surface area (Å²) in [5, 5.41) is 14.1. The highest BCUT2D eigenvalue weighted by Crippen LogP contribution is 2.37. The van der Waals surface area contributed by atoms with E-state index in [0.717, 1.165) is 36.5 Å². The molecule has 2 unspecified atom stereocenters. The highest BCUT2D eigenvalue weighted by atomic mass is 16.7. The van der Waals surface area contributed by atoms with Crippen LogP contribution in [0.15, 0.2) is 30.3 Å². The van der Waals surface area contributed by atoms with Crippen molar-refractivity contribution in [2.45, 2.75) is 76.7 Å². The Morgan fingerprint density at radius 1 is 1.14 bits per heavy atom. The maximum atomic E-state index is 13.0. The summed E-state index contributed by atoms with van der Waals surface area (Å²) in [7, 11) is -0.584. The minimum Gasteiger partial charge on any atom is -0.399 e. The van der Waals surface area contributed by atoms with Gasteiger partial charge in [-0.1, -0.05) is 31.0 Å². The van der Waals surface area contributed by atoms with Crippen molar-refractivity contribution in [3.63, 3.8) is 0 Å². The smallest absolute Gasteiger partial charge is 0.399 e. The molecule has 7 heteroatoms. The van der Waals surface area contributed by atoms with Gasteiger partial charge >= 0.3 is 7.12 Å². The first-order valence-corrected chi connectivity index (χ1v) is 10.4. The van der Waals surface area contributed by atoms with Crippen molar-refractivity contribution in [2.24, 2.45) is 0 Å². The molecule has 1 aliphatic carbocycles. The average molecular weight is 396 g/mol. The largest absolute Gasteiger partial charge is 0.495 e. The molecule has 1 saturated carbocycles. The minimum atomic E-state index is -0.584. The summed E-state index contributed by atoms with van der Waals surface area (Å²) in [6.07, 6.45) is 3.00. The molecule has 154 valence electrons. The quantitative estimate of drug-likeness (QED) is 0.780. The second kappa shape index (κ2) is 7.38. The van der Waals surface area contributed by atoms with Gasteiger partial charge in [-0.2, -0.15) is 0 Å². The van der Waals surface area contributed by atoms with Gasteiger partial charge in [0.15, 0.2) is 0 Å². The first-order chi connectivity index (χ1) is 13.7. The molecule has 1 aliphatic heterocycles. The van der Waals surface area contributed by atoms with E-state index in [2.05, 4.69) is 10.3 Å². The first-order valence-electron chi connectivity index (χ1n) is 10.4. The molecular weight excluding hydrogens is 367 g/mol. The molecular formula is C22H29BN2O4. The van der Waals surface area contributed by atoms with Crippen LogP contribution in [0.5, 0.6) is 0 Å². The van der Waals surface area contributed by atoms with Crippen LogP contribution in [0.3, 0.4) is 0 Å². The zero-order valence-electron chi connectivity index (χ0n) is 17.6. The van der Waals surface area contributed by atoms with Gasteiger partial charge in [-0.25, -0.2) is 4.98 Å². The Hall–Kier alpha value is -1.96. The van der Waals surface area contributed by atoms with Gasteiger partial charge < -0.3 is 19.7 Å². The number of aliphatic hydroxyl groups excluding tert-OH is 1. The molecule has 0 bridgehead atoms. The number of aromatic nitrogens is 1. The lowest BCUT2D eigenvalue weighted by Crippen LogP contribution is -2.45. The molecule has 2 atom stereocenters. The number of nitrogens with zero attached hydrogens (tertiary/aromatic N) is 1. The number of aliphatic hydroxyl groups is 1. The number of benzene rings is 1. The van der Waals surface area contributed by atoms with Crippen LogP contribution in [-0.4, -0.2) is 46.5 Å². The zero-order valence-corrected chi connectivity index (χ0v) is 17.6. The van der Waals surface area contributed by atoms with Crippen LogP contribution in [0, 0.1) is 0 Å². The van der Waals surface area contributed by atoms with E-state index >= 15 is 0 Å². The maximum absolute atomic E-state index is 13.0. The molecule has 1 saturated heterocycles. The fourth-order valence-corrected chi connectivity index (χ4v) is 4.01. The average Bonchev–Trinajstić information content (AvgIpc) is 2.90.